The molecule has 1 atom stereocenters. The van der Waals surface area contributed by atoms with Crippen LogP contribution in [0.2, 0.25) is 0 Å². The van der Waals surface area contributed by atoms with Crippen LogP contribution in [0, 0.1) is 5.92 Å². The van der Waals surface area contributed by atoms with Crippen molar-refractivity contribution in [3.8, 4) is 0 Å². The van der Waals surface area contributed by atoms with E-state index in [1.165, 1.54) is 6.42 Å². The summed E-state index contributed by atoms with van der Waals surface area (Å²) in [4.78, 5) is 0. The maximum Gasteiger partial charge on any atom is 0.0492 e. The van der Waals surface area contributed by atoms with Crippen LogP contribution in [0.25, 0.3) is 0 Å². The molecule has 2 heteroatoms. The number of hydrogen-bond donors (Lipinski definition) is 1. The molecule has 1 aliphatic heterocycles. The molecule has 1 unspecified atom stereocenters. The molecule has 0 amide bonds. The minimum Gasteiger partial charge on any atom is -0.381 e. The molecule has 1 fully saturated rings. The van der Waals surface area contributed by atoms with Crippen molar-refractivity contribution >= 4 is 0 Å². The number of nitrogens with two attached hydrogens (primary N) is 1. The van der Waals surface area contributed by atoms with Crippen LogP contribution in [0.3, 0.4) is 0 Å². The van der Waals surface area contributed by atoms with Gasteiger partial charge in [0.1, 0.15) is 0 Å². The third-order valence-corrected chi connectivity index (χ3v) is 1.16. The topological polar surface area (TPSA) is 35.2 Å². The molecule has 0 spiro atoms. The van der Waals surface area contributed by atoms with E-state index in [9.17, 15) is 0 Å². The SMILES string of the molecule is CC(C)N.CC1CCOC1. The van der Waals surface area contributed by atoms with Gasteiger partial charge in [0, 0.05) is 13.2 Å². The first-order valence-electron chi connectivity index (χ1n) is 3.96. The fraction of sp³-hybridized carbons (Fsp3) is 1.00. The summed E-state index contributed by atoms with van der Waals surface area (Å²) in [7, 11) is 0. The highest BCUT2D eigenvalue weighted by Crippen LogP contribution is 2.09. The van der Waals surface area contributed by atoms with E-state index in [2.05, 4.69) is 6.92 Å². The predicted octanol–water partition coefficient (Wildman–Crippen LogP) is 1.40. The Balaban J connectivity index is 0.000000180. The van der Waals surface area contributed by atoms with Gasteiger partial charge in [-0.3, -0.25) is 0 Å². The van der Waals surface area contributed by atoms with Crippen LogP contribution < -0.4 is 5.73 Å². The summed E-state index contributed by atoms with van der Waals surface area (Å²) >= 11 is 0. The monoisotopic (exact) mass is 145 g/mol. The van der Waals surface area contributed by atoms with Crippen LogP contribution in [0.1, 0.15) is 27.2 Å². The van der Waals surface area contributed by atoms with Gasteiger partial charge >= 0.3 is 0 Å². The summed E-state index contributed by atoms with van der Waals surface area (Å²) in [5.41, 5.74) is 5.11. The van der Waals surface area contributed by atoms with Crippen molar-refractivity contribution in [1.29, 1.82) is 0 Å². The summed E-state index contributed by atoms with van der Waals surface area (Å²) in [6.07, 6.45) is 1.26. The highest BCUT2D eigenvalue weighted by atomic mass is 16.5. The summed E-state index contributed by atoms with van der Waals surface area (Å²) in [6, 6.07) is 0.333. The molecule has 1 saturated heterocycles. The van der Waals surface area contributed by atoms with Crippen molar-refractivity contribution in [3.63, 3.8) is 0 Å². The lowest BCUT2D eigenvalue weighted by Crippen LogP contribution is -2.06. The minimum absolute atomic E-state index is 0.333. The van der Waals surface area contributed by atoms with Gasteiger partial charge in [0.2, 0.25) is 0 Å². The zero-order valence-corrected chi connectivity index (χ0v) is 7.26. The molecule has 1 aliphatic rings. The zero-order valence-electron chi connectivity index (χ0n) is 7.26. The van der Waals surface area contributed by atoms with E-state index in [0.29, 0.717) is 6.04 Å². The highest BCUT2D eigenvalue weighted by Gasteiger charge is 2.07. The molecular formula is C8H19NO. The van der Waals surface area contributed by atoms with E-state index >= 15 is 0 Å². The Hall–Kier alpha value is -0.0800. The largest absolute Gasteiger partial charge is 0.381 e. The first-order valence-corrected chi connectivity index (χ1v) is 3.96. The van der Waals surface area contributed by atoms with E-state index in [0.717, 1.165) is 19.1 Å². The molecule has 0 aromatic carbocycles. The van der Waals surface area contributed by atoms with Gasteiger partial charge in [-0.25, -0.2) is 0 Å². The van der Waals surface area contributed by atoms with Crippen LogP contribution in [0.5, 0.6) is 0 Å². The van der Waals surface area contributed by atoms with E-state index in [1.54, 1.807) is 0 Å². The molecule has 2 nitrogen and oxygen atoms in total. The first-order chi connectivity index (χ1) is 4.63. The van der Waals surface area contributed by atoms with Gasteiger partial charge in [0.05, 0.1) is 0 Å². The second-order valence-electron chi connectivity index (χ2n) is 3.21. The molecule has 10 heavy (non-hydrogen) atoms. The van der Waals surface area contributed by atoms with Crippen molar-refractivity contribution in [2.75, 3.05) is 13.2 Å². The average molecular weight is 145 g/mol. The quantitative estimate of drug-likeness (QED) is 0.559. The Morgan fingerprint density at radius 2 is 2.00 bits per heavy atom. The summed E-state index contributed by atoms with van der Waals surface area (Å²) < 4.78 is 5.06. The third-order valence-electron chi connectivity index (χ3n) is 1.16. The van der Waals surface area contributed by atoms with Crippen LogP contribution in [-0.2, 0) is 4.74 Å². The molecule has 0 saturated carbocycles. The zero-order chi connectivity index (χ0) is 7.98. The van der Waals surface area contributed by atoms with Gasteiger partial charge in [0.15, 0.2) is 0 Å². The molecule has 0 bridgehead atoms. The van der Waals surface area contributed by atoms with E-state index in [4.69, 9.17) is 10.5 Å². The Labute approximate surface area is 63.7 Å². The smallest absolute Gasteiger partial charge is 0.0492 e. The molecule has 2 N–H and O–H groups in total. The standard InChI is InChI=1S/C5H10O.C3H9N/c1-5-2-3-6-4-5;1-3(2)4/h5H,2-4H2,1H3;3H,4H2,1-2H3. The van der Waals surface area contributed by atoms with Crippen molar-refractivity contribution < 1.29 is 4.74 Å². The van der Waals surface area contributed by atoms with Gasteiger partial charge < -0.3 is 10.5 Å². The molecule has 0 radical (unpaired) electrons. The Bertz CT molecular complexity index is 64.9. The fourth-order valence-corrected chi connectivity index (χ4v) is 0.652. The molecule has 0 aromatic rings. The van der Waals surface area contributed by atoms with E-state index < -0.39 is 0 Å². The lowest BCUT2D eigenvalue weighted by molar-refractivity contribution is 0.188. The average Bonchev–Trinajstić information content (AvgIpc) is 2.15. The van der Waals surface area contributed by atoms with Gasteiger partial charge in [-0.1, -0.05) is 20.8 Å². The Morgan fingerprint density at radius 1 is 1.50 bits per heavy atom. The maximum atomic E-state index is 5.11. The van der Waals surface area contributed by atoms with E-state index in [1.807, 2.05) is 13.8 Å². The lowest BCUT2D eigenvalue weighted by atomic mass is 10.2. The molecule has 1 rings (SSSR count). The van der Waals surface area contributed by atoms with Crippen molar-refractivity contribution in [3.05, 3.63) is 0 Å². The van der Waals surface area contributed by atoms with Crippen LogP contribution in [-0.4, -0.2) is 19.3 Å². The van der Waals surface area contributed by atoms with E-state index in [-0.39, 0.29) is 0 Å². The number of ether oxygens (including phenoxy) is 1. The van der Waals surface area contributed by atoms with Gasteiger partial charge in [-0.15, -0.1) is 0 Å². The summed E-state index contributed by atoms with van der Waals surface area (Å²) in [5.74, 6) is 0.824. The van der Waals surface area contributed by atoms with Gasteiger partial charge in [0.25, 0.3) is 0 Å². The van der Waals surface area contributed by atoms with Gasteiger partial charge in [-0.05, 0) is 18.4 Å². The number of hydrogen-bond acceptors (Lipinski definition) is 2. The summed E-state index contributed by atoms with van der Waals surface area (Å²) in [6.45, 7) is 8.08. The molecule has 0 aliphatic carbocycles. The predicted molar refractivity (Wildman–Crippen MR) is 43.9 cm³/mol. The minimum atomic E-state index is 0.333. The third kappa shape index (κ3) is 7.92. The Morgan fingerprint density at radius 3 is 2.10 bits per heavy atom. The van der Waals surface area contributed by atoms with Crippen LogP contribution >= 0.6 is 0 Å². The first kappa shape index (κ1) is 9.92. The number of rotatable bonds is 0. The van der Waals surface area contributed by atoms with Crippen molar-refractivity contribution in [1.82, 2.24) is 0 Å². The fourth-order valence-electron chi connectivity index (χ4n) is 0.652. The lowest BCUT2D eigenvalue weighted by Gasteiger charge is -1.89. The molecule has 1 heterocycles. The van der Waals surface area contributed by atoms with Gasteiger partial charge in [-0.2, -0.15) is 0 Å². The van der Waals surface area contributed by atoms with Crippen LogP contribution in [0.15, 0.2) is 0 Å². The maximum absolute atomic E-state index is 5.11. The van der Waals surface area contributed by atoms with Crippen molar-refractivity contribution in [2.45, 2.75) is 33.2 Å². The molecular weight excluding hydrogens is 126 g/mol. The normalized spacial score (nSPS) is 24.3. The second-order valence-corrected chi connectivity index (χ2v) is 3.21. The van der Waals surface area contributed by atoms with Crippen LogP contribution in [0.4, 0.5) is 0 Å². The summed E-state index contributed by atoms with van der Waals surface area (Å²) in [5, 5.41) is 0. The second kappa shape index (κ2) is 5.69. The van der Waals surface area contributed by atoms with Crippen molar-refractivity contribution in [2.24, 2.45) is 11.7 Å². The molecule has 62 valence electrons. The Kier molecular flexibility index (Phi) is 5.64. The molecule has 0 aromatic heterocycles. The highest BCUT2D eigenvalue weighted by molar-refractivity contribution is 4.55.